The van der Waals surface area contributed by atoms with Crippen LogP contribution in [-0.2, 0) is 6.54 Å². The number of hydrogen-bond donors (Lipinski definition) is 2. The summed E-state index contributed by atoms with van der Waals surface area (Å²) in [7, 11) is 0. The SMILES string of the molecule is Oc1cc(F)cc(CNc2c(Cl)cc(F)cc2Cl)c1. The molecule has 2 aromatic carbocycles. The van der Waals surface area contributed by atoms with Gasteiger partial charge in [0.25, 0.3) is 0 Å². The average Bonchev–Trinajstić information content (AvgIpc) is 2.25. The molecule has 2 N–H and O–H groups in total. The summed E-state index contributed by atoms with van der Waals surface area (Å²) in [6.45, 7) is 0.191. The van der Waals surface area contributed by atoms with Crippen molar-refractivity contribution in [2.45, 2.75) is 6.54 Å². The van der Waals surface area contributed by atoms with E-state index in [-0.39, 0.29) is 22.3 Å². The summed E-state index contributed by atoms with van der Waals surface area (Å²) < 4.78 is 26.1. The van der Waals surface area contributed by atoms with Gasteiger partial charge in [-0.1, -0.05) is 23.2 Å². The van der Waals surface area contributed by atoms with E-state index >= 15 is 0 Å². The van der Waals surface area contributed by atoms with E-state index in [0.29, 0.717) is 11.3 Å². The summed E-state index contributed by atoms with van der Waals surface area (Å²) in [6, 6.07) is 5.92. The van der Waals surface area contributed by atoms with E-state index in [4.69, 9.17) is 23.2 Å². The van der Waals surface area contributed by atoms with Crippen LogP contribution in [0, 0.1) is 11.6 Å². The van der Waals surface area contributed by atoms with E-state index in [2.05, 4.69) is 5.32 Å². The normalized spacial score (nSPS) is 10.5. The first kappa shape index (κ1) is 13.9. The number of nitrogens with one attached hydrogen (secondary N) is 1. The number of phenols is 1. The zero-order valence-electron chi connectivity index (χ0n) is 9.55. The van der Waals surface area contributed by atoms with Gasteiger partial charge in [-0.25, -0.2) is 8.78 Å². The first-order chi connectivity index (χ1) is 8.95. The van der Waals surface area contributed by atoms with Gasteiger partial charge in [0, 0.05) is 12.6 Å². The Balaban J connectivity index is 2.19. The second-order valence-corrected chi connectivity index (χ2v) is 4.73. The lowest BCUT2D eigenvalue weighted by Crippen LogP contribution is -2.01. The van der Waals surface area contributed by atoms with Crippen molar-refractivity contribution >= 4 is 28.9 Å². The van der Waals surface area contributed by atoms with E-state index in [9.17, 15) is 13.9 Å². The van der Waals surface area contributed by atoms with Crippen LogP contribution in [-0.4, -0.2) is 5.11 Å². The zero-order valence-corrected chi connectivity index (χ0v) is 11.1. The van der Waals surface area contributed by atoms with Crippen molar-refractivity contribution < 1.29 is 13.9 Å². The second-order valence-electron chi connectivity index (χ2n) is 3.92. The number of anilines is 1. The Labute approximate surface area is 118 Å². The molecule has 2 nitrogen and oxygen atoms in total. The first-order valence-corrected chi connectivity index (χ1v) is 6.08. The Morgan fingerprint density at radius 2 is 1.53 bits per heavy atom. The summed E-state index contributed by atoms with van der Waals surface area (Å²) in [6.07, 6.45) is 0. The van der Waals surface area contributed by atoms with Gasteiger partial charge in [0.05, 0.1) is 15.7 Å². The summed E-state index contributed by atoms with van der Waals surface area (Å²) in [4.78, 5) is 0. The third-order valence-electron chi connectivity index (χ3n) is 2.42. The number of benzene rings is 2. The molecule has 0 radical (unpaired) electrons. The summed E-state index contributed by atoms with van der Waals surface area (Å²) in [5.41, 5.74) is 0.863. The maximum Gasteiger partial charge on any atom is 0.127 e. The molecule has 0 spiro atoms. The molecule has 0 fully saturated rings. The minimum Gasteiger partial charge on any atom is -0.508 e. The lowest BCUT2D eigenvalue weighted by Gasteiger charge is -2.11. The molecular weight excluding hydrogens is 295 g/mol. The molecule has 0 aromatic heterocycles. The number of phenolic OH excluding ortho intramolecular Hbond substituents is 1. The van der Waals surface area contributed by atoms with Crippen molar-refractivity contribution in [3.63, 3.8) is 0 Å². The molecule has 19 heavy (non-hydrogen) atoms. The second kappa shape index (κ2) is 5.63. The fourth-order valence-corrected chi connectivity index (χ4v) is 2.23. The number of halogens is 4. The quantitative estimate of drug-likeness (QED) is 0.869. The molecule has 0 saturated carbocycles. The zero-order chi connectivity index (χ0) is 14.0. The monoisotopic (exact) mass is 303 g/mol. The third kappa shape index (κ3) is 3.49. The van der Waals surface area contributed by atoms with Crippen molar-refractivity contribution in [1.82, 2.24) is 0 Å². The molecule has 0 aliphatic rings. The van der Waals surface area contributed by atoms with Crippen molar-refractivity contribution in [3.8, 4) is 5.75 Å². The molecule has 2 rings (SSSR count). The van der Waals surface area contributed by atoms with Crippen LogP contribution in [0.15, 0.2) is 30.3 Å². The summed E-state index contributed by atoms with van der Waals surface area (Å²) in [5, 5.41) is 12.4. The van der Waals surface area contributed by atoms with E-state index < -0.39 is 11.6 Å². The molecule has 0 atom stereocenters. The predicted molar refractivity (Wildman–Crippen MR) is 71.8 cm³/mol. The lowest BCUT2D eigenvalue weighted by molar-refractivity contribution is 0.468. The van der Waals surface area contributed by atoms with E-state index in [1.54, 1.807) is 0 Å². The minimum absolute atomic E-state index is 0.130. The molecule has 2 aromatic rings. The van der Waals surface area contributed by atoms with Gasteiger partial charge in [-0.3, -0.25) is 0 Å². The maximum atomic E-state index is 13.1. The van der Waals surface area contributed by atoms with E-state index in [1.165, 1.54) is 12.1 Å². The molecular formula is C13H9Cl2F2NO. The number of aromatic hydroxyl groups is 1. The highest BCUT2D eigenvalue weighted by Crippen LogP contribution is 2.31. The van der Waals surface area contributed by atoms with Crippen molar-refractivity contribution in [3.05, 3.63) is 57.6 Å². The molecule has 0 saturated heterocycles. The van der Waals surface area contributed by atoms with Crippen molar-refractivity contribution in [2.24, 2.45) is 0 Å². The van der Waals surface area contributed by atoms with Crippen LogP contribution >= 0.6 is 23.2 Å². The van der Waals surface area contributed by atoms with Gasteiger partial charge in [0.1, 0.15) is 17.4 Å². The molecule has 0 bridgehead atoms. The molecule has 100 valence electrons. The predicted octanol–water partition coefficient (Wildman–Crippen LogP) is 4.59. The summed E-state index contributed by atoms with van der Waals surface area (Å²) >= 11 is 11.7. The number of rotatable bonds is 3. The molecule has 0 amide bonds. The van der Waals surface area contributed by atoms with Gasteiger partial charge < -0.3 is 10.4 Å². The highest BCUT2D eigenvalue weighted by atomic mass is 35.5. The molecule has 0 aliphatic carbocycles. The Morgan fingerprint density at radius 3 is 2.11 bits per heavy atom. The van der Waals surface area contributed by atoms with Crippen LogP contribution in [0.4, 0.5) is 14.5 Å². The van der Waals surface area contributed by atoms with Gasteiger partial charge in [-0.2, -0.15) is 0 Å². The highest BCUT2D eigenvalue weighted by Gasteiger charge is 2.08. The van der Waals surface area contributed by atoms with Gasteiger partial charge in [-0.05, 0) is 29.8 Å². The van der Waals surface area contributed by atoms with Gasteiger partial charge in [0.15, 0.2) is 0 Å². The van der Waals surface area contributed by atoms with Crippen LogP contribution in [0.1, 0.15) is 5.56 Å². The standard InChI is InChI=1S/C13H9Cl2F2NO/c14-11-4-9(17)5-12(15)13(11)18-6-7-1-8(16)3-10(19)2-7/h1-5,18-19H,6H2. The first-order valence-electron chi connectivity index (χ1n) is 5.32. The lowest BCUT2D eigenvalue weighted by atomic mass is 10.2. The van der Waals surface area contributed by atoms with Crippen LogP contribution in [0.25, 0.3) is 0 Å². The molecule has 6 heteroatoms. The molecule has 0 unspecified atom stereocenters. The Kier molecular flexibility index (Phi) is 4.12. The van der Waals surface area contributed by atoms with Crippen LogP contribution in [0.5, 0.6) is 5.75 Å². The topological polar surface area (TPSA) is 32.3 Å². The fraction of sp³-hybridized carbons (Fsp3) is 0.0769. The Hall–Kier alpha value is -1.52. The minimum atomic E-state index is -0.548. The smallest absolute Gasteiger partial charge is 0.127 e. The maximum absolute atomic E-state index is 13.1. The van der Waals surface area contributed by atoms with Crippen LogP contribution < -0.4 is 5.32 Å². The van der Waals surface area contributed by atoms with Gasteiger partial charge in [0.2, 0.25) is 0 Å². The third-order valence-corrected chi connectivity index (χ3v) is 3.01. The molecule has 0 heterocycles. The van der Waals surface area contributed by atoms with E-state index in [0.717, 1.165) is 18.2 Å². The largest absolute Gasteiger partial charge is 0.508 e. The van der Waals surface area contributed by atoms with E-state index in [1.807, 2.05) is 0 Å². The molecule has 0 aliphatic heterocycles. The van der Waals surface area contributed by atoms with Crippen LogP contribution in [0.3, 0.4) is 0 Å². The Bertz CT molecular complexity index is 576. The Morgan fingerprint density at radius 1 is 0.947 bits per heavy atom. The van der Waals surface area contributed by atoms with Crippen LogP contribution in [0.2, 0.25) is 10.0 Å². The highest BCUT2D eigenvalue weighted by molar-refractivity contribution is 6.39. The summed E-state index contributed by atoms with van der Waals surface area (Å²) in [5.74, 6) is -1.26. The van der Waals surface area contributed by atoms with Gasteiger partial charge in [-0.15, -0.1) is 0 Å². The van der Waals surface area contributed by atoms with Crippen molar-refractivity contribution in [1.29, 1.82) is 0 Å². The fourth-order valence-electron chi connectivity index (χ4n) is 1.64. The number of hydrogen-bond acceptors (Lipinski definition) is 2. The van der Waals surface area contributed by atoms with Crippen molar-refractivity contribution in [2.75, 3.05) is 5.32 Å². The average molecular weight is 304 g/mol. The van der Waals surface area contributed by atoms with Gasteiger partial charge >= 0.3 is 0 Å².